The lowest BCUT2D eigenvalue weighted by molar-refractivity contribution is -0.384. The molecule has 0 saturated heterocycles. The molecular formula is C18H18ClN3O3. The Morgan fingerprint density at radius 3 is 2.68 bits per heavy atom. The smallest absolute Gasteiger partial charge is 0.271 e. The number of nitro benzene ring substituents is 1. The van der Waals surface area contributed by atoms with Gasteiger partial charge in [-0.05, 0) is 55.5 Å². The lowest BCUT2D eigenvalue weighted by Crippen LogP contribution is -2.32. The summed E-state index contributed by atoms with van der Waals surface area (Å²) >= 11 is 6.01. The van der Waals surface area contributed by atoms with Crippen molar-refractivity contribution < 1.29 is 9.72 Å². The molecule has 0 unspecified atom stereocenters. The lowest BCUT2D eigenvalue weighted by Gasteiger charge is -2.16. The molecule has 2 N–H and O–H groups in total. The Hall–Kier alpha value is -2.60. The number of carbonyl (C=O) groups excluding carboxylic acids is 1. The summed E-state index contributed by atoms with van der Waals surface area (Å²) in [6.45, 7) is 1.75. The average Bonchev–Trinajstić information content (AvgIpc) is 3.04. The molecule has 0 radical (unpaired) electrons. The third-order valence-corrected chi connectivity index (χ3v) is 4.61. The number of non-ortho nitro benzene ring substituents is 1. The maximum atomic E-state index is 12.4. The first kappa shape index (κ1) is 17.2. The minimum absolute atomic E-state index is 0.118. The standard InChI is InChI=1S/C18H18ClN3O3/c1-11(20-14-6-5-12-3-2-4-13(12)9-14)18(23)21-17-8-7-15(22(24)25)10-16(17)19/h5-11,20H,2-4H2,1H3,(H,21,23)/t11-/m1/s1. The number of hydrogen-bond donors (Lipinski definition) is 2. The number of fused-ring (bicyclic) bond motifs is 1. The fourth-order valence-electron chi connectivity index (χ4n) is 2.94. The van der Waals surface area contributed by atoms with Crippen molar-refractivity contribution in [2.45, 2.75) is 32.2 Å². The van der Waals surface area contributed by atoms with Gasteiger partial charge in [-0.15, -0.1) is 0 Å². The Morgan fingerprint density at radius 2 is 1.96 bits per heavy atom. The van der Waals surface area contributed by atoms with Crippen LogP contribution in [0.3, 0.4) is 0 Å². The van der Waals surface area contributed by atoms with Crippen LogP contribution in [0.4, 0.5) is 17.1 Å². The molecule has 1 aliphatic rings. The fraction of sp³-hybridized carbons (Fsp3) is 0.278. The second-order valence-electron chi connectivity index (χ2n) is 6.11. The maximum Gasteiger partial charge on any atom is 0.271 e. The van der Waals surface area contributed by atoms with E-state index in [0.29, 0.717) is 5.69 Å². The van der Waals surface area contributed by atoms with Gasteiger partial charge in [0, 0.05) is 17.8 Å². The number of nitrogens with zero attached hydrogens (tertiary/aromatic N) is 1. The van der Waals surface area contributed by atoms with Gasteiger partial charge in [-0.2, -0.15) is 0 Å². The second kappa shape index (κ2) is 7.11. The number of nitro groups is 1. The van der Waals surface area contributed by atoms with E-state index < -0.39 is 11.0 Å². The molecule has 2 aromatic rings. The third kappa shape index (κ3) is 3.91. The van der Waals surface area contributed by atoms with Gasteiger partial charge in [0.1, 0.15) is 6.04 Å². The molecule has 0 bridgehead atoms. The van der Waals surface area contributed by atoms with Gasteiger partial charge in [-0.1, -0.05) is 17.7 Å². The van der Waals surface area contributed by atoms with Crippen LogP contribution in [0.2, 0.25) is 5.02 Å². The minimum atomic E-state index is -0.532. The minimum Gasteiger partial charge on any atom is -0.374 e. The number of amides is 1. The van der Waals surface area contributed by atoms with Gasteiger partial charge in [0.2, 0.25) is 5.91 Å². The molecule has 130 valence electrons. The molecule has 1 amide bonds. The summed E-state index contributed by atoms with van der Waals surface area (Å²) in [5, 5.41) is 16.7. The zero-order chi connectivity index (χ0) is 18.0. The summed E-state index contributed by atoms with van der Waals surface area (Å²) in [6, 6.07) is 9.64. The first-order valence-corrected chi connectivity index (χ1v) is 8.45. The molecule has 7 heteroatoms. The van der Waals surface area contributed by atoms with E-state index in [1.165, 1.54) is 35.7 Å². The molecule has 0 saturated carbocycles. The molecule has 3 rings (SSSR count). The summed E-state index contributed by atoms with van der Waals surface area (Å²) in [4.78, 5) is 22.6. The highest BCUT2D eigenvalue weighted by Crippen LogP contribution is 2.27. The maximum absolute atomic E-state index is 12.4. The van der Waals surface area contributed by atoms with Gasteiger partial charge in [-0.3, -0.25) is 14.9 Å². The van der Waals surface area contributed by atoms with Crippen molar-refractivity contribution >= 4 is 34.6 Å². The molecule has 1 atom stereocenters. The topological polar surface area (TPSA) is 84.3 Å². The van der Waals surface area contributed by atoms with E-state index in [0.717, 1.165) is 18.5 Å². The Kier molecular flexibility index (Phi) is 4.90. The van der Waals surface area contributed by atoms with Crippen molar-refractivity contribution in [2.24, 2.45) is 0 Å². The Morgan fingerprint density at radius 1 is 1.20 bits per heavy atom. The highest BCUT2D eigenvalue weighted by Gasteiger charge is 2.17. The van der Waals surface area contributed by atoms with Gasteiger partial charge in [0.15, 0.2) is 0 Å². The second-order valence-corrected chi connectivity index (χ2v) is 6.52. The number of rotatable bonds is 5. The highest BCUT2D eigenvalue weighted by atomic mass is 35.5. The summed E-state index contributed by atoms with van der Waals surface area (Å²) in [7, 11) is 0. The van der Waals surface area contributed by atoms with Crippen LogP contribution in [0.15, 0.2) is 36.4 Å². The molecule has 2 aromatic carbocycles. The third-order valence-electron chi connectivity index (χ3n) is 4.30. The van der Waals surface area contributed by atoms with E-state index in [4.69, 9.17) is 11.6 Å². The van der Waals surface area contributed by atoms with E-state index in [2.05, 4.69) is 22.8 Å². The van der Waals surface area contributed by atoms with Gasteiger partial charge < -0.3 is 10.6 Å². The van der Waals surface area contributed by atoms with E-state index >= 15 is 0 Å². The zero-order valence-corrected chi connectivity index (χ0v) is 14.5. The quantitative estimate of drug-likeness (QED) is 0.619. The van der Waals surface area contributed by atoms with Crippen LogP contribution in [-0.4, -0.2) is 16.9 Å². The van der Waals surface area contributed by atoms with Crippen molar-refractivity contribution in [3.63, 3.8) is 0 Å². The highest BCUT2D eigenvalue weighted by molar-refractivity contribution is 6.34. The van der Waals surface area contributed by atoms with Crippen molar-refractivity contribution in [1.29, 1.82) is 0 Å². The monoisotopic (exact) mass is 359 g/mol. The number of benzene rings is 2. The van der Waals surface area contributed by atoms with E-state index in [-0.39, 0.29) is 16.6 Å². The van der Waals surface area contributed by atoms with Crippen LogP contribution in [0.1, 0.15) is 24.5 Å². The van der Waals surface area contributed by atoms with E-state index in [1.807, 2.05) is 6.07 Å². The molecule has 0 aliphatic heterocycles. The molecule has 1 aliphatic carbocycles. The van der Waals surface area contributed by atoms with Crippen LogP contribution < -0.4 is 10.6 Å². The normalized spacial score (nSPS) is 13.8. The Labute approximate surface area is 150 Å². The number of nitrogens with one attached hydrogen (secondary N) is 2. The number of hydrogen-bond acceptors (Lipinski definition) is 4. The molecular weight excluding hydrogens is 342 g/mol. The van der Waals surface area contributed by atoms with Crippen LogP contribution in [-0.2, 0) is 17.6 Å². The van der Waals surface area contributed by atoms with Crippen LogP contribution in [0, 0.1) is 10.1 Å². The van der Waals surface area contributed by atoms with Gasteiger partial charge >= 0.3 is 0 Å². The first-order chi connectivity index (χ1) is 11.9. The number of carbonyl (C=O) groups is 1. The largest absolute Gasteiger partial charge is 0.374 e. The molecule has 0 aromatic heterocycles. The van der Waals surface area contributed by atoms with Crippen LogP contribution >= 0.6 is 11.6 Å². The van der Waals surface area contributed by atoms with E-state index in [9.17, 15) is 14.9 Å². The Bertz CT molecular complexity index is 838. The molecule has 0 spiro atoms. The van der Waals surface area contributed by atoms with Gasteiger partial charge in [0.25, 0.3) is 5.69 Å². The predicted octanol–water partition coefficient (Wildman–Crippen LogP) is 4.18. The fourth-order valence-corrected chi connectivity index (χ4v) is 3.16. The van der Waals surface area contributed by atoms with E-state index in [1.54, 1.807) is 6.92 Å². The van der Waals surface area contributed by atoms with Gasteiger partial charge in [0.05, 0.1) is 15.6 Å². The zero-order valence-electron chi connectivity index (χ0n) is 13.7. The lowest BCUT2D eigenvalue weighted by atomic mass is 10.1. The summed E-state index contributed by atoms with van der Waals surface area (Å²) in [5.74, 6) is -0.267. The first-order valence-electron chi connectivity index (χ1n) is 8.07. The molecule has 0 fully saturated rings. The molecule has 25 heavy (non-hydrogen) atoms. The van der Waals surface area contributed by atoms with Crippen LogP contribution in [0.5, 0.6) is 0 Å². The molecule has 0 heterocycles. The SMILES string of the molecule is C[C@@H](Nc1ccc2c(c1)CCC2)C(=O)Nc1ccc([N+](=O)[O-])cc1Cl. The number of aryl methyl sites for hydroxylation is 2. The summed E-state index contributed by atoms with van der Waals surface area (Å²) in [5.41, 5.74) is 3.83. The summed E-state index contributed by atoms with van der Waals surface area (Å²) in [6.07, 6.45) is 3.36. The number of halogens is 1. The molecule has 6 nitrogen and oxygen atoms in total. The Balaban J connectivity index is 1.65. The summed E-state index contributed by atoms with van der Waals surface area (Å²) < 4.78 is 0. The van der Waals surface area contributed by atoms with Crippen molar-refractivity contribution in [3.05, 3.63) is 62.7 Å². The van der Waals surface area contributed by atoms with Crippen molar-refractivity contribution in [1.82, 2.24) is 0 Å². The average molecular weight is 360 g/mol. The van der Waals surface area contributed by atoms with Crippen molar-refractivity contribution in [2.75, 3.05) is 10.6 Å². The van der Waals surface area contributed by atoms with Crippen LogP contribution in [0.25, 0.3) is 0 Å². The number of anilines is 2. The van der Waals surface area contributed by atoms with Crippen molar-refractivity contribution in [3.8, 4) is 0 Å². The van der Waals surface area contributed by atoms with Gasteiger partial charge in [-0.25, -0.2) is 0 Å². The predicted molar refractivity (Wildman–Crippen MR) is 98.3 cm³/mol.